The van der Waals surface area contributed by atoms with Gasteiger partial charge in [-0.25, -0.2) is 13.6 Å². The Labute approximate surface area is 133 Å². The SMILES string of the molecule is CN(C(=O)C(=O)Nc1ccc(S(N)(=O)=O)cc1)c1ccccc1. The van der Waals surface area contributed by atoms with Gasteiger partial charge in [-0.3, -0.25) is 9.59 Å². The summed E-state index contributed by atoms with van der Waals surface area (Å²) in [6.45, 7) is 0. The highest BCUT2D eigenvalue weighted by molar-refractivity contribution is 7.89. The summed E-state index contributed by atoms with van der Waals surface area (Å²) in [6, 6.07) is 13.9. The number of rotatable bonds is 3. The zero-order chi connectivity index (χ0) is 17.0. The first kappa shape index (κ1) is 16.7. The summed E-state index contributed by atoms with van der Waals surface area (Å²) in [4.78, 5) is 25.2. The van der Waals surface area contributed by atoms with Gasteiger partial charge < -0.3 is 10.2 Å². The molecule has 0 aliphatic heterocycles. The number of benzene rings is 2. The van der Waals surface area contributed by atoms with Crippen LogP contribution >= 0.6 is 0 Å². The first-order valence-electron chi connectivity index (χ1n) is 6.56. The van der Waals surface area contributed by atoms with E-state index in [0.29, 0.717) is 5.69 Å². The predicted molar refractivity (Wildman–Crippen MR) is 86.3 cm³/mol. The largest absolute Gasteiger partial charge is 0.318 e. The number of carbonyl (C=O) groups excluding carboxylic acids is 2. The molecule has 0 saturated heterocycles. The zero-order valence-electron chi connectivity index (χ0n) is 12.3. The van der Waals surface area contributed by atoms with Crippen LogP contribution in [0.15, 0.2) is 59.5 Å². The number of carbonyl (C=O) groups is 2. The van der Waals surface area contributed by atoms with Crippen molar-refractivity contribution in [3.05, 3.63) is 54.6 Å². The van der Waals surface area contributed by atoms with Gasteiger partial charge in [0.2, 0.25) is 10.0 Å². The van der Waals surface area contributed by atoms with E-state index in [0.717, 1.165) is 0 Å². The second kappa shape index (κ2) is 6.59. The van der Waals surface area contributed by atoms with Crippen molar-refractivity contribution in [3.63, 3.8) is 0 Å². The van der Waals surface area contributed by atoms with E-state index in [9.17, 15) is 18.0 Å². The van der Waals surface area contributed by atoms with E-state index in [1.807, 2.05) is 0 Å². The van der Waals surface area contributed by atoms with Crippen LogP contribution in [-0.4, -0.2) is 27.3 Å². The summed E-state index contributed by atoms with van der Waals surface area (Å²) in [5.41, 5.74) is 0.870. The third kappa shape index (κ3) is 4.15. The van der Waals surface area contributed by atoms with Gasteiger partial charge in [-0.15, -0.1) is 0 Å². The van der Waals surface area contributed by atoms with Crippen molar-refractivity contribution in [2.45, 2.75) is 4.90 Å². The molecule has 0 fully saturated rings. The first-order valence-corrected chi connectivity index (χ1v) is 8.10. The van der Waals surface area contributed by atoms with E-state index in [1.165, 1.54) is 36.2 Å². The third-order valence-electron chi connectivity index (χ3n) is 3.08. The van der Waals surface area contributed by atoms with Crippen LogP contribution in [0, 0.1) is 0 Å². The molecule has 0 saturated carbocycles. The number of para-hydroxylation sites is 1. The maximum Gasteiger partial charge on any atom is 0.316 e. The van der Waals surface area contributed by atoms with E-state index in [2.05, 4.69) is 5.32 Å². The van der Waals surface area contributed by atoms with Crippen LogP contribution in [0.25, 0.3) is 0 Å². The maximum atomic E-state index is 12.1. The second-order valence-corrected chi connectivity index (χ2v) is 6.28. The lowest BCUT2D eigenvalue weighted by atomic mass is 10.3. The minimum Gasteiger partial charge on any atom is -0.318 e. The average Bonchev–Trinajstić information content (AvgIpc) is 2.54. The van der Waals surface area contributed by atoms with Crippen LogP contribution in [0.1, 0.15) is 0 Å². The van der Waals surface area contributed by atoms with Gasteiger partial charge in [0.05, 0.1) is 4.90 Å². The van der Waals surface area contributed by atoms with Crippen LogP contribution in [-0.2, 0) is 19.6 Å². The quantitative estimate of drug-likeness (QED) is 0.814. The molecule has 2 amide bonds. The Kier molecular flexibility index (Phi) is 4.77. The molecule has 0 bridgehead atoms. The summed E-state index contributed by atoms with van der Waals surface area (Å²) in [6.07, 6.45) is 0. The zero-order valence-corrected chi connectivity index (χ0v) is 13.1. The molecule has 2 aromatic carbocycles. The lowest BCUT2D eigenvalue weighted by molar-refractivity contribution is -0.134. The highest BCUT2D eigenvalue weighted by Gasteiger charge is 2.20. The molecular formula is C15H15N3O4S. The highest BCUT2D eigenvalue weighted by Crippen LogP contribution is 2.14. The third-order valence-corrected chi connectivity index (χ3v) is 4.01. The summed E-state index contributed by atoms with van der Waals surface area (Å²) in [5, 5.41) is 7.39. The maximum absolute atomic E-state index is 12.1. The van der Waals surface area contributed by atoms with Crippen molar-refractivity contribution in [3.8, 4) is 0 Å². The molecule has 0 radical (unpaired) electrons. The second-order valence-electron chi connectivity index (χ2n) is 4.72. The molecule has 0 heterocycles. The lowest BCUT2D eigenvalue weighted by Crippen LogP contribution is -2.37. The van der Waals surface area contributed by atoms with Crippen molar-refractivity contribution in [2.75, 3.05) is 17.3 Å². The number of sulfonamides is 1. The number of nitrogens with one attached hydrogen (secondary N) is 1. The standard InChI is InChI=1S/C15H15N3O4S/c1-18(12-5-3-2-4-6-12)15(20)14(19)17-11-7-9-13(10-8-11)23(16,21)22/h2-10H,1H3,(H,17,19)(H2,16,21,22). The summed E-state index contributed by atoms with van der Waals surface area (Å²) in [7, 11) is -2.31. The number of nitrogens with two attached hydrogens (primary N) is 1. The van der Waals surface area contributed by atoms with Gasteiger partial charge in [0.1, 0.15) is 0 Å². The Hall–Kier alpha value is -2.71. The molecule has 7 nitrogen and oxygen atoms in total. The lowest BCUT2D eigenvalue weighted by Gasteiger charge is -2.16. The molecule has 3 N–H and O–H groups in total. The van der Waals surface area contributed by atoms with E-state index < -0.39 is 21.8 Å². The molecule has 0 aliphatic rings. The Morgan fingerprint density at radius 2 is 1.57 bits per heavy atom. The number of hydrogen-bond acceptors (Lipinski definition) is 4. The first-order chi connectivity index (χ1) is 10.8. The topological polar surface area (TPSA) is 110 Å². The fourth-order valence-corrected chi connectivity index (χ4v) is 2.35. The normalized spacial score (nSPS) is 10.9. The fourth-order valence-electron chi connectivity index (χ4n) is 1.83. The van der Waals surface area contributed by atoms with Crippen molar-refractivity contribution >= 4 is 33.2 Å². The Morgan fingerprint density at radius 3 is 2.09 bits per heavy atom. The van der Waals surface area contributed by atoms with Gasteiger partial charge in [0, 0.05) is 18.4 Å². The molecule has 0 aromatic heterocycles. The molecule has 120 valence electrons. The molecule has 2 rings (SSSR count). The molecule has 0 aliphatic carbocycles. The predicted octanol–water partition coefficient (Wildman–Crippen LogP) is 0.936. The van der Waals surface area contributed by atoms with E-state index in [1.54, 1.807) is 30.3 Å². The van der Waals surface area contributed by atoms with E-state index >= 15 is 0 Å². The molecule has 23 heavy (non-hydrogen) atoms. The van der Waals surface area contributed by atoms with Crippen molar-refractivity contribution in [1.82, 2.24) is 0 Å². The van der Waals surface area contributed by atoms with Crippen LogP contribution in [0.4, 0.5) is 11.4 Å². The minimum absolute atomic E-state index is 0.0803. The van der Waals surface area contributed by atoms with Gasteiger partial charge in [-0.2, -0.15) is 0 Å². The molecule has 0 spiro atoms. The minimum atomic E-state index is -3.80. The van der Waals surface area contributed by atoms with Crippen molar-refractivity contribution in [2.24, 2.45) is 5.14 Å². The molecule has 8 heteroatoms. The highest BCUT2D eigenvalue weighted by atomic mass is 32.2. The molecular weight excluding hydrogens is 318 g/mol. The number of hydrogen-bond donors (Lipinski definition) is 2. The van der Waals surface area contributed by atoms with Crippen molar-refractivity contribution in [1.29, 1.82) is 0 Å². The van der Waals surface area contributed by atoms with Gasteiger partial charge in [0.25, 0.3) is 0 Å². The fraction of sp³-hybridized carbons (Fsp3) is 0.0667. The van der Waals surface area contributed by atoms with Crippen LogP contribution in [0.5, 0.6) is 0 Å². The van der Waals surface area contributed by atoms with Crippen LogP contribution in [0.3, 0.4) is 0 Å². The Morgan fingerprint density at radius 1 is 1.00 bits per heavy atom. The number of likely N-dealkylation sites (N-methyl/N-ethyl adjacent to an activating group) is 1. The Bertz CT molecular complexity index is 818. The van der Waals surface area contributed by atoms with Crippen LogP contribution in [0.2, 0.25) is 0 Å². The van der Waals surface area contributed by atoms with Crippen molar-refractivity contribution < 1.29 is 18.0 Å². The average molecular weight is 333 g/mol. The molecule has 2 aromatic rings. The monoisotopic (exact) mass is 333 g/mol. The van der Waals surface area contributed by atoms with E-state index in [-0.39, 0.29) is 10.6 Å². The van der Waals surface area contributed by atoms with Gasteiger partial charge in [-0.05, 0) is 36.4 Å². The number of nitrogens with zero attached hydrogens (tertiary/aromatic N) is 1. The molecule has 0 unspecified atom stereocenters. The number of amides is 2. The molecule has 0 atom stereocenters. The van der Waals surface area contributed by atoms with Gasteiger partial charge in [-0.1, -0.05) is 18.2 Å². The van der Waals surface area contributed by atoms with Gasteiger partial charge in [0.15, 0.2) is 0 Å². The van der Waals surface area contributed by atoms with E-state index in [4.69, 9.17) is 5.14 Å². The summed E-state index contributed by atoms with van der Waals surface area (Å²) >= 11 is 0. The summed E-state index contributed by atoms with van der Waals surface area (Å²) < 4.78 is 22.3. The van der Waals surface area contributed by atoms with Crippen LogP contribution < -0.4 is 15.4 Å². The Balaban J connectivity index is 2.08. The van der Waals surface area contributed by atoms with Gasteiger partial charge >= 0.3 is 11.8 Å². The smallest absolute Gasteiger partial charge is 0.316 e. The number of primary sulfonamides is 1. The summed E-state index contributed by atoms with van der Waals surface area (Å²) in [5.74, 6) is -1.58. The number of anilines is 2.